The van der Waals surface area contributed by atoms with Crippen molar-refractivity contribution in [2.24, 2.45) is 0 Å². The summed E-state index contributed by atoms with van der Waals surface area (Å²) in [5, 5.41) is 10.7. The van der Waals surface area contributed by atoms with Crippen molar-refractivity contribution >= 4 is 34.1 Å². The number of pyridine rings is 1. The average Bonchev–Trinajstić information content (AvgIpc) is 3.21. The van der Waals surface area contributed by atoms with Crippen molar-refractivity contribution in [3.8, 4) is 0 Å². The molecule has 0 saturated heterocycles. The molecule has 1 saturated carbocycles. The van der Waals surface area contributed by atoms with Crippen molar-refractivity contribution in [3.05, 3.63) is 53.2 Å². The van der Waals surface area contributed by atoms with E-state index in [1.165, 1.54) is 18.3 Å². The Balaban J connectivity index is 1.67. The number of carbonyl (C=O) groups excluding carboxylic acids is 1. The van der Waals surface area contributed by atoms with E-state index in [1.54, 1.807) is 18.3 Å². The van der Waals surface area contributed by atoms with Gasteiger partial charge in [-0.15, -0.1) is 0 Å². The number of anilines is 1. The molecule has 1 aromatic carbocycles. The van der Waals surface area contributed by atoms with Gasteiger partial charge in [-0.25, -0.2) is 4.39 Å². The summed E-state index contributed by atoms with van der Waals surface area (Å²) in [6.45, 7) is 0. The highest BCUT2D eigenvalue weighted by Crippen LogP contribution is 2.49. The first-order chi connectivity index (χ1) is 11.1. The van der Waals surface area contributed by atoms with E-state index in [9.17, 15) is 9.18 Å². The Kier molecular flexibility index (Phi) is 3.09. The van der Waals surface area contributed by atoms with Crippen LogP contribution in [0.5, 0.6) is 0 Å². The summed E-state index contributed by atoms with van der Waals surface area (Å²) in [7, 11) is 0. The van der Waals surface area contributed by atoms with Crippen LogP contribution in [0.25, 0.3) is 10.9 Å². The minimum Gasteiger partial charge on any atom is -0.324 e. The van der Waals surface area contributed by atoms with Crippen LogP contribution in [0.4, 0.5) is 10.1 Å². The Hall–Kier alpha value is -2.47. The summed E-state index contributed by atoms with van der Waals surface area (Å²) in [6, 6.07) is 6.31. The Morgan fingerprint density at radius 2 is 2.17 bits per heavy atom. The van der Waals surface area contributed by atoms with Crippen LogP contribution < -0.4 is 5.32 Å². The van der Waals surface area contributed by atoms with Crippen molar-refractivity contribution in [1.29, 1.82) is 0 Å². The molecule has 2 aromatic heterocycles. The number of aromatic amines is 1. The second kappa shape index (κ2) is 5.03. The predicted molar refractivity (Wildman–Crippen MR) is 84.8 cm³/mol. The zero-order valence-electron chi connectivity index (χ0n) is 11.9. The lowest BCUT2D eigenvalue weighted by Gasteiger charge is -2.16. The van der Waals surface area contributed by atoms with Gasteiger partial charge in [0.25, 0.3) is 0 Å². The molecule has 2 heterocycles. The van der Waals surface area contributed by atoms with Gasteiger partial charge >= 0.3 is 0 Å². The highest BCUT2D eigenvalue weighted by Gasteiger charge is 2.54. The van der Waals surface area contributed by atoms with Gasteiger partial charge in [-0.3, -0.25) is 14.9 Å². The highest BCUT2D eigenvalue weighted by atomic mass is 35.5. The second-order valence-corrected chi connectivity index (χ2v) is 6.01. The standard InChI is InChI=1S/C16H12ClFN4O/c17-13-9-8-20-22-11(9)3-4-12(13)21-15(23)16(5-6-16)14-10(18)2-1-7-19-14/h1-4,7-8H,5-6H2,(H,20,22)(H,21,23). The van der Waals surface area contributed by atoms with Gasteiger partial charge in [0.1, 0.15) is 5.82 Å². The van der Waals surface area contributed by atoms with E-state index in [0.29, 0.717) is 23.6 Å². The lowest BCUT2D eigenvalue weighted by molar-refractivity contribution is -0.118. The first kappa shape index (κ1) is 14.1. The van der Waals surface area contributed by atoms with Crippen molar-refractivity contribution < 1.29 is 9.18 Å². The van der Waals surface area contributed by atoms with Gasteiger partial charge in [0.2, 0.25) is 5.91 Å². The van der Waals surface area contributed by atoms with Crippen LogP contribution in [0.1, 0.15) is 18.5 Å². The second-order valence-electron chi connectivity index (χ2n) is 5.63. The first-order valence-electron chi connectivity index (χ1n) is 7.16. The number of fused-ring (bicyclic) bond motifs is 1. The van der Waals surface area contributed by atoms with Gasteiger partial charge in [-0.2, -0.15) is 5.10 Å². The van der Waals surface area contributed by atoms with Crippen molar-refractivity contribution in [2.45, 2.75) is 18.3 Å². The van der Waals surface area contributed by atoms with Gasteiger partial charge in [-0.05, 0) is 37.1 Å². The van der Waals surface area contributed by atoms with Crippen molar-refractivity contribution in [3.63, 3.8) is 0 Å². The maximum atomic E-state index is 14.0. The number of nitrogens with one attached hydrogen (secondary N) is 2. The molecule has 0 spiro atoms. The number of nitrogens with zero attached hydrogens (tertiary/aromatic N) is 2. The lowest BCUT2D eigenvalue weighted by atomic mass is 10.00. The van der Waals surface area contributed by atoms with E-state index in [2.05, 4.69) is 20.5 Å². The number of hydrogen-bond donors (Lipinski definition) is 2. The summed E-state index contributed by atoms with van der Waals surface area (Å²) < 4.78 is 14.0. The van der Waals surface area contributed by atoms with E-state index < -0.39 is 11.2 Å². The summed E-state index contributed by atoms with van der Waals surface area (Å²) in [4.78, 5) is 16.7. The van der Waals surface area contributed by atoms with Crippen LogP contribution in [0.2, 0.25) is 5.02 Å². The number of amides is 1. The third-order valence-electron chi connectivity index (χ3n) is 4.20. The summed E-state index contributed by atoms with van der Waals surface area (Å²) >= 11 is 6.31. The molecule has 7 heteroatoms. The molecule has 3 aromatic rings. The molecule has 4 rings (SSSR count). The molecule has 1 amide bonds. The van der Waals surface area contributed by atoms with Gasteiger partial charge in [0.15, 0.2) is 0 Å². The SMILES string of the molecule is O=C(Nc1ccc2[nH]ncc2c1Cl)C1(c2ncccc2F)CC1. The number of H-pyrrole nitrogens is 1. The smallest absolute Gasteiger partial charge is 0.236 e. The van der Waals surface area contributed by atoms with Crippen LogP contribution in [0.15, 0.2) is 36.7 Å². The number of halogens is 2. The van der Waals surface area contributed by atoms with Gasteiger partial charge in [0, 0.05) is 11.6 Å². The molecule has 0 unspecified atom stereocenters. The largest absolute Gasteiger partial charge is 0.324 e. The van der Waals surface area contributed by atoms with E-state index in [1.807, 2.05) is 0 Å². The van der Waals surface area contributed by atoms with Crippen molar-refractivity contribution in [1.82, 2.24) is 15.2 Å². The topological polar surface area (TPSA) is 70.7 Å². The molecule has 1 aliphatic carbocycles. The molecule has 116 valence electrons. The fraction of sp³-hybridized carbons (Fsp3) is 0.188. The molecular weight excluding hydrogens is 319 g/mol. The number of aromatic nitrogens is 3. The number of hydrogen-bond acceptors (Lipinski definition) is 3. The Bertz CT molecular complexity index is 919. The molecule has 1 aliphatic rings. The molecule has 0 atom stereocenters. The Morgan fingerprint density at radius 1 is 1.35 bits per heavy atom. The van der Waals surface area contributed by atoms with Crippen LogP contribution in [0.3, 0.4) is 0 Å². The summed E-state index contributed by atoms with van der Waals surface area (Å²) in [5.74, 6) is -0.753. The van der Waals surface area contributed by atoms with Crippen LogP contribution in [0, 0.1) is 5.82 Å². The fourth-order valence-corrected chi connectivity index (χ4v) is 3.02. The highest BCUT2D eigenvalue weighted by molar-refractivity contribution is 6.38. The maximum Gasteiger partial charge on any atom is 0.236 e. The molecule has 5 nitrogen and oxygen atoms in total. The van der Waals surface area contributed by atoms with Gasteiger partial charge in [0.05, 0.1) is 33.5 Å². The predicted octanol–water partition coefficient (Wildman–Crippen LogP) is 3.42. The monoisotopic (exact) mass is 330 g/mol. The van der Waals surface area contributed by atoms with Crippen LogP contribution in [-0.4, -0.2) is 21.1 Å². The quantitative estimate of drug-likeness (QED) is 0.773. The number of rotatable bonds is 3. The van der Waals surface area contributed by atoms with E-state index in [0.717, 1.165) is 10.9 Å². The number of benzene rings is 1. The van der Waals surface area contributed by atoms with Gasteiger partial charge in [-0.1, -0.05) is 11.6 Å². The Labute approximate surface area is 135 Å². The fourth-order valence-electron chi connectivity index (χ4n) is 2.76. The van der Waals surface area contributed by atoms with E-state index >= 15 is 0 Å². The third-order valence-corrected chi connectivity index (χ3v) is 4.61. The minimum absolute atomic E-state index is 0.193. The van der Waals surface area contributed by atoms with Crippen molar-refractivity contribution in [2.75, 3.05) is 5.32 Å². The normalized spacial score (nSPS) is 15.6. The average molecular weight is 331 g/mol. The van der Waals surface area contributed by atoms with Gasteiger partial charge < -0.3 is 5.32 Å². The van der Waals surface area contributed by atoms with E-state index in [-0.39, 0.29) is 11.6 Å². The van der Waals surface area contributed by atoms with E-state index in [4.69, 9.17) is 11.6 Å². The molecule has 0 bridgehead atoms. The molecule has 1 fully saturated rings. The zero-order valence-corrected chi connectivity index (χ0v) is 12.7. The van der Waals surface area contributed by atoms with Crippen LogP contribution >= 0.6 is 11.6 Å². The number of carbonyl (C=O) groups is 1. The summed E-state index contributed by atoms with van der Waals surface area (Å²) in [6.07, 6.45) is 4.23. The molecule has 23 heavy (non-hydrogen) atoms. The lowest BCUT2D eigenvalue weighted by Crippen LogP contribution is -2.29. The molecule has 0 radical (unpaired) electrons. The minimum atomic E-state index is -0.903. The zero-order chi connectivity index (χ0) is 16.0. The Morgan fingerprint density at radius 3 is 2.91 bits per heavy atom. The van der Waals surface area contributed by atoms with Crippen LogP contribution in [-0.2, 0) is 10.2 Å². The molecule has 2 N–H and O–H groups in total. The molecule has 0 aliphatic heterocycles. The molecular formula is C16H12ClFN4O. The first-order valence-corrected chi connectivity index (χ1v) is 7.54. The summed E-state index contributed by atoms with van der Waals surface area (Å²) in [5.41, 5.74) is 0.552. The third kappa shape index (κ3) is 2.17. The maximum absolute atomic E-state index is 14.0.